The fourth-order valence-electron chi connectivity index (χ4n) is 2.34. The molecule has 0 fully saturated rings. The van der Waals surface area contributed by atoms with Gasteiger partial charge in [0.2, 0.25) is 5.28 Å². The molecular formula is C17H17ClN4O3. The van der Waals surface area contributed by atoms with Crippen molar-refractivity contribution in [3.05, 3.63) is 41.6 Å². The van der Waals surface area contributed by atoms with Gasteiger partial charge in [-0.3, -0.25) is 9.78 Å². The highest BCUT2D eigenvalue weighted by molar-refractivity contribution is 6.29. The second-order valence-corrected chi connectivity index (χ2v) is 5.83. The van der Waals surface area contributed by atoms with E-state index >= 15 is 0 Å². The van der Waals surface area contributed by atoms with E-state index in [-0.39, 0.29) is 12.2 Å². The van der Waals surface area contributed by atoms with E-state index in [1.165, 1.54) is 0 Å². The van der Waals surface area contributed by atoms with Gasteiger partial charge in [0.1, 0.15) is 17.3 Å². The molecule has 0 aromatic carbocycles. The van der Waals surface area contributed by atoms with Gasteiger partial charge in [-0.25, -0.2) is 4.98 Å². The highest BCUT2D eigenvalue weighted by Crippen LogP contribution is 2.25. The normalized spacial score (nSPS) is 11.0. The number of fused-ring (bicyclic) bond motifs is 1. The molecule has 0 atom stereocenters. The van der Waals surface area contributed by atoms with Gasteiger partial charge in [0, 0.05) is 45.3 Å². The van der Waals surface area contributed by atoms with Crippen LogP contribution in [0.15, 0.2) is 30.6 Å². The summed E-state index contributed by atoms with van der Waals surface area (Å²) < 4.78 is 12.5. The Morgan fingerprint density at radius 3 is 2.92 bits per heavy atom. The van der Waals surface area contributed by atoms with E-state index < -0.39 is 0 Å². The lowest BCUT2D eigenvalue weighted by atomic mass is 10.1. The molecule has 0 radical (unpaired) electrons. The summed E-state index contributed by atoms with van der Waals surface area (Å²) in [6.07, 6.45) is 3.80. The van der Waals surface area contributed by atoms with Crippen LogP contribution in [0, 0.1) is 0 Å². The lowest BCUT2D eigenvalue weighted by Crippen LogP contribution is -2.07. The van der Waals surface area contributed by atoms with Crippen LogP contribution in [0.3, 0.4) is 0 Å². The number of nitrogens with zero attached hydrogens (tertiary/aromatic N) is 4. The summed E-state index contributed by atoms with van der Waals surface area (Å²) in [5, 5.41) is 0.361. The highest BCUT2D eigenvalue weighted by atomic mass is 35.5. The Labute approximate surface area is 149 Å². The zero-order chi connectivity index (χ0) is 17.8. The maximum atomic E-state index is 11.8. The molecule has 0 unspecified atom stereocenters. The van der Waals surface area contributed by atoms with Crippen LogP contribution in [0.1, 0.15) is 12.1 Å². The number of imidazole rings is 1. The summed E-state index contributed by atoms with van der Waals surface area (Å²) in [6.45, 7) is 0.411. The van der Waals surface area contributed by atoms with E-state index in [1.54, 1.807) is 43.3 Å². The van der Waals surface area contributed by atoms with Gasteiger partial charge in [-0.15, -0.1) is 0 Å². The Kier molecular flexibility index (Phi) is 5.25. The van der Waals surface area contributed by atoms with Gasteiger partial charge in [0.25, 0.3) is 0 Å². The summed E-state index contributed by atoms with van der Waals surface area (Å²) in [5.74, 6) is 1.20. The van der Waals surface area contributed by atoms with E-state index in [0.717, 1.165) is 5.52 Å². The number of halogens is 1. The molecule has 0 saturated carbocycles. The zero-order valence-corrected chi connectivity index (χ0v) is 14.7. The quantitative estimate of drug-likeness (QED) is 0.644. The molecule has 130 valence electrons. The number of ketones is 1. The summed E-state index contributed by atoms with van der Waals surface area (Å²) in [6, 6.07) is 5.28. The van der Waals surface area contributed by atoms with Crippen molar-refractivity contribution in [2.75, 3.05) is 13.7 Å². The Balaban J connectivity index is 1.75. The van der Waals surface area contributed by atoms with Crippen molar-refractivity contribution < 1.29 is 14.3 Å². The smallest absolute Gasteiger partial charge is 0.205 e. The van der Waals surface area contributed by atoms with E-state index in [2.05, 4.69) is 15.0 Å². The molecule has 0 aliphatic carbocycles. The number of rotatable bonds is 7. The first-order chi connectivity index (χ1) is 12.1. The predicted molar refractivity (Wildman–Crippen MR) is 93.0 cm³/mol. The lowest BCUT2D eigenvalue weighted by molar-refractivity contribution is -0.119. The van der Waals surface area contributed by atoms with Crippen LogP contribution in [0.25, 0.3) is 11.2 Å². The largest absolute Gasteiger partial charge is 0.456 e. The van der Waals surface area contributed by atoms with Crippen molar-refractivity contribution in [2.45, 2.75) is 12.8 Å². The molecule has 0 N–H and O–H groups in total. The molecule has 0 saturated heterocycles. The van der Waals surface area contributed by atoms with Crippen LogP contribution in [0.5, 0.6) is 11.5 Å². The highest BCUT2D eigenvalue weighted by Gasteiger charge is 2.10. The molecule has 3 aromatic heterocycles. The minimum atomic E-state index is 0.0686. The third-order valence-electron chi connectivity index (χ3n) is 3.65. The number of carbonyl (C=O) groups is 1. The topological polar surface area (TPSA) is 79.1 Å². The molecule has 3 aromatic rings. The van der Waals surface area contributed by atoms with Gasteiger partial charge in [0.15, 0.2) is 5.65 Å². The fraction of sp³-hybridized carbons (Fsp3) is 0.294. The van der Waals surface area contributed by atoms with Crippen molar-refractivity contribution in [1.82, 2.24) is 19.5 Å². The SMILES string of the molecule is COCCC(=O)Cc1cc(Oc2cnc3nc(Cl)n(C)c3c2)ccn1. The average Bonchev–Trinajstić information content (AvgIpc) is 2.88. The molecule has 8 heteroatoms. The minimum absolute atomic E-state index is 0.0686. The van der Waals surface area contributed by atoms with Gasteiger partial charge >= 0.3 is 0 Å². The van der Waals surface area contributed by atoms with E-state index in [9.17, 15) is 4.79 Å². The van der Waals surface area contributed by atoms with Crippen LogP contribution in [0.2, 0.25) is 5.28 Å². The Bertz CT molecular complexity index is 910. The monoisotopic (exact) mass is 360 g/mol. The first-order valence-corrected chi connectivity index (χ1v) is 8.06. The van der Waals surface area contributed by atoms with Gasteiger partial charge < -0.3 is 14.0 Å². The van der Waals surface area contributed by atoms with Crippen molar-refractivity contribution in [1.29, 1.82) is 0 Å². The molecule has 0 bridgehead atoms. The molecule has 0 spiro atoms. The Hall–Kier alpha value is -2.51. The number of methoxy groups -OCH3 is 1. The molecular weight excluding hydrogens is 344 g/mol. The molecule has 0 amide bonds. The molecule has 0 aliphatic rings. The van der Waals surface area contributed by atoms with E-state index in [0.29, 0.717) is 41.2 Å². The minimum Gasteiger partial charge on any atom is -0.456 e. The first-order valence-electron chi connectivity index (χ1n) is 7.68. The summed E-state index contributed by atoms with van der Waals surface area (Å²) in [7, 11) is 3.37. The third-order valence-corrected chi connectivity index (χ3v) is 3.98. The molecule has 25 heavy (non-hydrogen) atoms. The Morgan fingerprint density at radius 2 is 2.12 bits per heavy atom. The van der Waals surface area contributed by atoms with Crippen LogP contribution in [0.4, 0.5) is 0 Å². The maximum Gasteiger partial charge on any atom is 0.205 e. The fourth-order valence-corrected chi connectivity index (χ4v) is 2.51. The van der Waals surface area contributed by atoms with Gasteiger partial charge in [-0.2, -0.15) is 4.98 Å². The summed E-state index contributed by atoms with van der Waals surface area (Å²) in [4.78, 5) is 24.4. The number of Topliss-reactive ketones (excluding diaryl/α,β-unsaturated/α-hetero) is 1. The second-order valence-electron chi connectivity index (χ2n) is 5.50. The molecule has 0 aliphatic heterocycles. The number of carbonyl (C=O) groups excluding carboxylic acids is 1. The van der Waals surface area contributed by atoms with Gasteiger partial charge in [0.05, 0.1) is 24.0 Å². The zero-order valence-electron chi connectivity index (χ0n) is 13.9. The lowest BCUT2D eigenvalue weighted by Gasteiger charge is -2.07. The molecule has 7 nitrogen and oxygen atoms in total. The van der Waals surface area contributed by atoms with E-state index in [4.69, 9.17) is 21.1 Å². The second kappa shape index (κ2) is 7.58. The standard InChI is InChI=1S/C17H17ClN4O3/c1-22-15-9-14(10-20-16(15)21-17(22)18)25-13-3-5-19-11(8-13)7-12(23)4-6-24-2/h3,5,8-10H,4,6-7H2,1-2H3. The average molecular weight is 361 g/mol. The number of aromatic nitrogens is 4. The number of ether oxygens (including phenoxy) is 2. The first kappa shape index (κ1) is 17.3. The van der Waals surface area contributed by atoms with Crippen molar-refractivity contribution in [2.24, 2.45) is 7.05 Å². The van der Waals surface area contributed by atoms with Crippen molar-refractivity contribution in [3.63, 3.8) is 0 Å². The van der Waals surface area contributed by atoms with Crippen molar-refractivity contribution in [3.8, 4) is 11.5 Å². The summed E-state index contributed by atoms with van der Waals surface area (Å²) in [5.41, 5.74) is 1.97. The van der Waals surface area contributed by atoms with Crippen LogP contribution in [-0.4, -0.2) is 39.0 Å². The van der Waals surface area contributed by atoms with Crippen molar-refractivity contribution >= 4 is 28.5 Å². The predicted octanol–water partition coefficient (Wildman–Crippen LogP) is 2.96. The molecule has 3 rings (SSSR count). The number of hydrogen-bond donors (Lipinski definition) is 0. The summed E-state index contributed by atoms with van der Waals surface area (Å²) >= 11 is 5.99. The number of pyridine rings is 2. The molecule has 3 heterocycles. The third kappa shape index (κ3) is 4.12. The van der Waals surface area contributed by atoms with E-state index in [1.807, 2.05) is 6.07 Å². The van der Waals surface area contributed by atoms with Crippen LogP contribution >= 0.6 is 11.6 Å². The number of aryl methyl sites for hydroxylation is 1. The maximum absolute atomic E-state index is 11.8. The van der Waals surface area contributed by atoms with Crippen LogP contribution < -0.4 is 4.74 Å². The number of hydrogen-bond acceptors (Lipinski definition) is 6. The van der Waals surface area contributed by atoms with Gasteiger partial charge in [-0.05, 0) is 17.7 Å². The van der Waals surface area contributed by atoms with Gasteiger partial charge in [-0.1, -0.05) is 0 Å². The van der Waals surface area contributed by atoms with Crippen LogP contribution in [-0.2, 0) is 23.0 Å². The Morgan fingerprint density at radius 1 is 1.28 bits per heavy atom.